The van der Waals surface area contributed by atoms with E-state index in [9.17, 15) is 9.59 Å². The number of hydrogen-bond donors (Lipinski definition) is 1. The van der Waals surface area contributed by atoms with Crippen molar-refractivity contribution in [3.63, 3.8) is 0 Å². The quantitative estimate of drug-likeness (QED) is 0.228. The fourth-order valence-electron chi connectivity index (χ4n) is 2.83. The summed E-state index contributed by atoms with van der Waals surface area (Å²) in [6, 6.07) is 0. The summed E-state index contributed by atoms with van der Waals surface area (Å²) in [5.74, 6) is 0.131. The highest BCUT2D eigenvalue weighted by atomic mass is 16.5. The van der Waals surface area contributed by atoms with Gasteiger partial charge in [-0.15, -0.1) is 0 Å². The van der Waals surface area contributed by atoms with Gasteiger partial charge in [0.15, 0.2) is 0 Å². The van der Waals surface area contributed by atoms with Gasteiger partial charge in [0.05, 0.1) is 6.61 Å². The third kappa shape index (κ3) is 27.3. The Kier molecular flexibility index (Phi) is 26.0. The minimum absolute atomic E-state index is 0.0366. The molecule has 0 saturated carbocycles. The average Bonchev–Trinajstić information content (AvgIpc) is 2.67. The molecule has 0 unspecified atom stereocenters. The van der Waals surface area contributed by atoms with Crippen LogP contribution in [0.5, 0.6) is 0 Å². The molecule has 0 bridgehead atoms. The summed E-state index contributed by atoms with van der Waals surface area (Å²) in [5.41, 5.74) is 0. The molecular weight excluding hydrogens is 338 g/mol. The van der Waals surface area contributed by atoms with E-state index in [4.69, 9.17) is 4.74 Å². The van der Waals surface area contributed by atoms with Gasteiger partial charge >= 0.3 is 5.97 Å². The van der Waals surface area contributed by atoms with Crippen LogP contribution in [-0.4, -0.2) is 25.5 Å². The van der Waals surface area contributed by atoms with Crippen LogP contribution in [0.1, 0.15) is 124 Å². The number of nitrogens with one attached hydrogen (secondary N) is 1. The van der Waals surface area contributed by atoms with Crippen molar-refractivity contribution in [3.8, 4) is 0 Å². The third-order valence-corrected chi connectivity index (χ3v) is 4.58. The van der Waals surface area contributed by atoms with Crippen molar-refractivity contribution in [3.05, 3.63) is 0 Å². The summed E-state index contributed by atoms with van der Waals surface area (Å²) in [6.07, 6.45) is 19.0. The van der Waals surface area contributed by atoms with Crippen molar-refractivity contribution >= 4 is 11.9 Å². The SMILES string of the molecule is CCCCCCCC(=O)NC.CCCCCCCCCCCC(=O)OCC. The van der Waals surface area contributed by atoms with Crippen LogP contribution in [0.2, 0.25) is 0 Å². The molecule has 0 spiro atoms. The Morgan fingerprint density at radius 3 is 1.44 bits per heavy atom. The minimum Gasteiger partial charge on any atom is -0.466 e. The van der Waals surface area contributed by atoms with E-state index < -0.39 is 0 Å². The Bertz CT molecular complexity index is 319. The molecule has 27 heavy (non-hydrogen) atoms. The molecular formula is C23H47NO3. The number of ether oxygens (including phenoxy) is 1. The topological polar surface area (TPSA) is 55.4 Å². The number of hydrogen-bond acceptors (Lipinski definition) is 3. The Morgan fingerprint density at radius 1 is 0.630 bits per heavy atom. The number of esters is 1. The van der Waals surface area contributed by atoms with Gasteiger partial charge in [-0.05, 0) is 19.8 Å². The number of amides is 1. The van der Waals surface area contributed by atoms with E-state index in [0.717, 1.165) is 12.8 Å². The predicted molar refractivity (Wildman–Crippen MR) is 116 cm³/mol. The molecule has 4 heteroatoms. The Morgan fingerprint density at radius 2 is 1.04 bits per heavy atom. The maximum absolute atomic E-state index is 11.0. The molecule has 0 rings (SSSR count). The second-order valence-electron chi connectivity index (χ2n) is 7.22. The fraction of sp³-hybridized carbons (Fsp3) is 0.913. The summed E-state index contributed by atoms with van der Waals surface area (Å²) in [5, 5.41) is 2.62. The summed E-state index contributed by atoms with van der Waals surface area (Å²) in [7, 11) is 1.69. The second-order valence-corrected chi connectivity index (χ2v) is 7.22. The zero-order chi connectivity index (χ0) is 20.6. The van der Waals surface area contributed by atoms with E-state index in [1.165, 1.54) is 77.0 Å². The van der Waals surface area contributed by atoms with E-state index in [-0.39, 0.29) is 11.9 Å². The lowest BCUT2D eigenvalue weighted by molar-refractivity contribution is -0.143. The molecule has 0 aromatic heterocycles. The molecule has 0 aromatic carbocycles. The molecule has 0 radical (unpaired) electrons. The normalized spacial score (nSPS) is 10.1. The molecule has 0 saturated heterocycles. The van der Waals surface area contributed by atoms with Crippen LogP contribution < -0.4 is 5.32 Å². The number of unbranched alkanes of at least 4 members (excludes halogenated alkanes) is 12. The van der Waals surface area contributed by atoms with Gasteiger partial charge in [0.2, 0.25) is 5.91 Å². The number of rotatable bonds is 17. The zero-order valence-electron chi connectivity index (χ0n) is 18.7. The summed E-state index contributed by atoms with van der Waals surface area (Å²) < 4.78 is 4.87. The molecule has 162 valence electrons. The molecule has 0 atom stereocenters. The molecule has 1 N–H and O–H groups in total. The van der Waals surface area contributed by atoms with Crippen molar-refractivity contribution < 1.29 is 14.3 Å². The van der Waals surface area contributed by atoms with Gasteiger partial charge in [-0.1, -0.05) is 90.9 Å². The van der Waals surface area contributed by atoms with Crippen LogP contribution in [0.3, 0.4) is 0 Å². The molecule has 0 heterocycles. The largest absolute Gasteiger partial charge is 0.466 e. The molecule has 1 amide bonds. The van der Waals surface area contributed by atoms with Crippen molar-refractivity contribution in [2.75, 3.05) is 13.7 Å². The van der Waals surface area contributed by atoms with Crippen LogP contribution in [0.25, 0.3) is 0 Å². The highest BCUT2D eigenvalue weighted by molar-refractivity contribution is 5.75. The van der Waals surface area contributed by atoms with Crippen molar-refractivity contribution in [1.29, 1.82) is 0 Å². The maximum Gasteiger partial charge on any atom is 0.305 e. The lowest BCUT2D eigenvalue weighted by Crippen LogP contribution is -2.16. The summed E-state index contributed by atoms with van der Waals surface area (Å²) >= 11 is 0. The predicted octanol–water partition coefficient (Wildman–Crippen LogP) is 6.56. The van der Waals surface area contributed by atoms with Gasteiger partial charge < -0.3 is 10.1 Å². The zero-order valence-corrected chi connectivity index (χ0v) is 18.7. The van der Waals surface area contributed by atoms with Crippen LogP contribution in [0.4, 0.5) is 0 Å². The van der Waals surface area contributed by atoms with Gasteiger partial charge in [0.25, 0.3) is 0 Å². The average molecular weight is 386 g/mol. The van der Waals surface area contributed by atoms with E-state index in [1.807, 2.05) is 6.92 Å². The van der Waals surface area contributed by atoms with Crippen LogP contribution in [0.15, 0.2) is 0 Å². The van der Waals surface area contributed by atoms with Gasteiger partial charge in [-0.25, -0.2) is 0 Å². The Labute approximate surface area is 169 Å². The number of carbonyl (C=O) groups is 2. The molecule has 0 aromatic rings. The first-order valence-electron chi connectivity index (χ1n) is 11.5. The van der Waals surface area contributed by atoms with Crippen LogP contribution in [-0.2, 0) is 14.3 Å². The smallest absolute Gasteiger partial charge is 0.305 e. The van der Waals surface area contributed by atoms with Crippen LogP contribution in [0, 0.1) is 0 Å². The Hall–Kier alpha value is -1.06. The summed E-state index contributed by atoms with van der Waals surface area (Å²) in [6.45, 7) is 6.80. The molecule has 0 aliphatic carbocycles. The summed E-state index contributed by atoms with van der Waals surface area (Å²) in [4.78, 5) is 21.8. The molecule has 4 nitrogen and oxygen atoms in total. The van der Waals surface area contributed by atoms with E-state index >= 15 is 0 Å². The van der Waals surface area contributed by atoms with Crippen LogP contribution >= 0.6 is 0 Å². The minimum atomic E-state index is -0.0366. The molecule has 0 aliphatic rings. The van der Waals surface area contributed by atoms with E-state index in [0.29, 0.717) is 19.4 Å². The maximum atomic E-state index is 11.0. The molecule has 0 aliphatic heterocycles. The van der Waals surface area contributed by atoms with Gasteiger partial charge in [-0.3, -0.25) is 9.59 Å². The molecule has 0 fully saturated rings. The fourth-order valence-corrected chi connectivity index (χ4v) is 2.83. The first kappa shape index (κ1) is 28.2. The lowest BCUT2D eigenvalue weighted by atomic mass is 10.1. The standard InChI is InChI=1S/C14H28O2.C9H19NO/c1-3-5-6-7-8-9-10-11-12-13-14(15)16-4-2;1-3-4-5-6-7-8-9(11)10-2/h3-13H2,1-2H3;3-8H2,1-2H3,(H,10,11). The van der Waals surface area contributed by atoms with E-state index in [2.05, 4.69) is 19.2 Å². The first-order chi connectivity index (χ1) is 13.1. The van der Waals surface area contributed by atoms with Crippen molar-refractivity contribution in [2.45, 2.75) is 124 Å². The number of carbonyl (C=O) groups excluding carboxylic acids is 2. The third-order valence-electron chi connectivity index (χ3n) is 4.58. The first-order valence-corrected chi connectivity index (χ1v) is 11.5. The van der Waals surface area contributed by atoms with Gasteiger partial charge in [0, 0.05) is 19.9 Å². The highest BCUT2D eigenvalue weighted by Crippen LogP contribution is 2.10. The van der Waals surface area contributed by atoms with Crippen molar-refractivity contribution in [2.24, 2.45) is 0 Å². The highest BCUT2D eigenvalue weighted by Gasteiger charge is 2.00. The van der Waals surface area contributed by atoms with Crippen molar-refractivity contribution in [1.82, 2.24) is 5.32 Å². The van der Waals surface area contributed by atoms with Gasteiger partial charge in [0.1, 0.15) is 0 Å². The lowest BCUT2D eigenvalue weighted by Gasteiger charge is -2.02. The van der Waals surface area contributed by atoms with Gasteiger partial charge in [-0.2, -0.15) is 0 Å². The monoisotopic (exact) mass is 385 g/mol. The second kappa shape index (κ2) is 24.9. The Balaban J connectivity index is 0. The van der Waals surface area contributed by atoms with E-state index in [1.54, 1.807) is 7.05 Å².